The first-order valence-electron chi connectivity index (χ1n) is 5.92. The summed E-state index contributed by atoms with van der Waals surface area (Å²) in [4.78, 5) is 23.7. The van der Waals surface area contributed by atoms with E-state index in [-0.39, 0.29) is 22.7 Å². The summed E-state index contributed by atoms with van der Waals surface area (Å²) in [6.07, 6.45) is 0. The molecular weight excluding hydrogens is 266 g/mol. The van der Waals surface area contributed by atoms with E-state index in [0.717, 1.165) is 0 Å². The highest BCUT2D eigenvalue weighted by molar-refractivity contribution is 6.35. The molecule has 5 heteroatoms. The molecule has 100 valence electrons. The lowest BCUT2D eigenvalue weighted by Gasteiger charge is -2.20. The van der Waals surface area contributed by atoms with Crippen LogP contribution < -0.4 is 5.43 Å². The lowest BCUT2D eigenvalue weighted by Crippen LogP contribution is -2.23. The van der Waals surface area contributed by atoms with Crippen LogP contribution in [0.3, 0.4) is 0 Å². The fraction of sp³-hybridized carbons (Fsp3) is 0.286. The van der Waals surface area contributed by atoms with Crippen LogP contribution >= 0.6 is 11.6 Å². The van der Waals surface area contributed by atoms with Crippen molar-refractivity contribution in [3.8, 4) is 0 Å². The Morgan fingerprint density at radius 2 is 2.00 bits per heavy atom. The number of rotatable bonds is 2. The van der Waals surface area contributed by atoms with Gasteiger partial charge in [0, 0.05) is 17.0 Å². The third-order valence-corrected chi connectivity index (χ3v) is 3.43. The number of benzene rings is 1. The Morgan fingerprint density at radius 1 is 1.37 bits per heavy atom. The molecule has 4 nitrogen and oxygen atoms in total. The Kier molecular flexibility index (Phi) is 3.37. The number of pyridine rings is 1. The number of carbonyl (C=O) groups is 1. The summed E-state index contributed by atoms with van der Waals surface area (Å²) in [6, 6.07) is 4.90. The van der Waals surface area contributed by atoms with Gasteiger partial charge < -0.3 is 9.67 Å². The molecule has 0 amide bonds. The van der Waals surface area contributed by atoms with Crippen LogP contribution in [0.25, 0.3) is 10.9 Å². The standard InChI is InChI=1S/C14H14ClNO3/c1-7(2)16-11(14(18)19)8(3)13(17)9-5-4-6-10(15)12(9)16/h4-7H,1-3H3,(H,18,19). The van der Waals surface area contributed by atoms with Crippen molar-refractivity contribution in [2.45, 2.75) is 26.8 Å². The number of aromatic carboxylic acids is 1. The lowest BCUT2D eigenvalue weighted by atomic mass is 10.1. The average Bonchev–Trinajstić information content (AvgIpc) is 2.33. The van der Waals surface area contributed by atoms with Crippen molar-refractivity contribution in [1.82, 2.24) is 4.57 Å². The van der Waals surface area contributed by atoms with E-state index in [1.807, 2.05) is 13.8 Å². The molecule has 0 atom stereocenters. The molecule has 1 aromatic carbocycles. The molecule has 0 aliphatic rings. The van der Waals surface area contributed by atoms with Crippen molar-refractivity contribution in [1.29, 1.82) is 0 Å². The van der Waals surface area contributed by atoms with Gasteiger partial charge in [0.05, 0.1) is 10.5 Å². The van der Waals surface area contributed by atoms with Gasteiger partial charge >= 0.3 is 5.97 Å². The summed E-state index contributed by atoms with van der Waals surface area (Å²) in [5, 5.41) is 10.2. The predicted octanol–water partition coefficient (Wildman–Crippen LogP) is 3.24. The molecular formula is C14H14ClNO3. The molecule has 1 aromatic heterocycles. The first kappa shape index (κ1) is 13.6. The van der Waals surface area contributed by atoms with Gasteiger partial charge in [-0.3, -0.25) is 4.79 Å². The zero-order valence-corrected chi connectivity index (χ0v) is 11.7. The first-order valence-corrected chi connectivity index (χ1v) is 6.30. The van der Waals surface area contributed by atoms with E-state index in [1.54, 1.807) is 22.8 Å². The van der Waals surface area contributed by atoms with Crippen LogP contribution in [0.5, 0.6) is 0 Å². The number of para-hydroxylation sites is 1. The van der Waals surface area contributed by atoms with E-state index in [4.69, 9.17) is 11.6 Å². The molecule has 19 heavy (non-hydrogen) atoms. The van der Waals surface area contributed by atoms with Gasteiger partial charge in [0.2, 0.25) is 0 Å². The molecule has 2 aromatic rings. The minimum Gasteiger partial charge on any atom is -0.477 e. The van der Waals surface area contributed by atoms with E-state index in [9.17, 15) is 14.7 Å². The fourth-order valence-electron chi connectivity index (χ4n) is 2.33. The smallest absolute Gasteiger partial charge is 0.352 e. The lowest BCUT2D eigenvalue weighted by molar-refractivity contribution is 0.0682. The predicted molar refractivity (Wildman–Crippen MR) is 75.3 cm³/mol. The zero-order valence-electron chi connectivity index (χ0n) is 10.9. The molecule has 0 saturated heterocycles. The van der Waals surface area contributed by atoms with Crippen molar-refractivity contribution in [2.24, 2.45) is 0 Å². The molecule has 0 radical (unpaired) electrons. The van der Waals surface area contributed by atoms with E-state index in [0.29, 0.717) is 15.9 Å². The van der Waals surface area contributed by atoms with Gasteiger partial charge in [-0.15, -0.1) is 0 Å². The van der Waals surface area contributed by atoms with Crippen LogP contribution in [0.1, 0.15) is 35.9 Å². The van der Waals surface area contributed by atoms with Gasteiger partial charge in [-0.05, 0) is 32.9 Å². The molecule has 2 rings (SSSR count). The number of aromatic nitrogens is 1. The highest BCUT2D eigenvalue weighted by atomic mass is 35.5. The number of halogens is 1. The molecule has 0 aliphatic carbocycles. The summed E-state index contributed by atoms with van der Waals surface area (Å²) in [7, 11) is 0. The van der Waals surface area contributed by atoms with Crippen LogP contribution in [0, 0.1) is 6.92 Å². The van der Waals surface area contributed by atoms with Gasteiger partial charge in [0.25, 0.3) is 0 Å². The highest BCUT2D eigenvalue weighted by Gasteiger charge is 2.21. The molecule has 0 fully saturated rings. The number of fused-ring (bicyclic) bond motifs is 1. The van der Waals surface area contributed by atoms with Crippen molar-refractivity contribution in [3.05, 3.63) is 44.7 Å². The van der Waals surface area contributed by atoms with Gasteiger partial charge in [-0.2, -0.15) is 0 Å². The second-order valence-corrected chi connectivity index (χ2v) is 5.11. The summed E-state index contributed by atoms with van der Waals surface area (Å²) in [5.74, 6) is -1.12. The van der Waals surface area contributed by atoms with Gasteiger partial charge in [0.1, 0.15) is 5.69 Å². The van der Waals surface area contributed by atoms with E-state index >= 15 is 0 Å². The number of hydrogen-bond donors (Lipinski definition) is 1. The topological polar surface area (TPSA) is 59.3 Å². The monoisotopic (exact) mass is 279 g/mol. The molecule has 0 saturated carbocycles. The maximum absolute atomic E-state index is 12.2. The molecule has 1 N–H and O–H groups in total. The normalized spacial score (nSPS) is 11.2. The molecule has 0 aliphatic heterocycles. The molecule has 0 spiro atoms. The van der Waals surface area contributed by atoms with Crippen LogP contribution in [-0.2, 0) is 0 Å². The Morgan fingerprint density at radius 3 is 2.53 bits per heavy atom. The van der Waals surface area contributed by atoms with Crippen LogP contribution in [-0.4, -0.2) is 15.6 Å². The Bertz CT molecular complexity index is 732. The van der Waals surface area contributed by atoms with Crippen LogP contribution in [0.15, 0.2) is 23.0 Å². The molecule has 1 heterocycles. The summed E-state index contributed by atoms with van der Waals surface area (Å²) in [6.45, 7) is 5.25. The van der Waals surface area contributed by atoms with Crippen molar-refractivity contribution < 1.29 is 9.90 Å². The van der Waals surface area contributed by atoms with E-state index in [2.05, 4.69) is 0 Å². The van der Waals surface area contributed by atoms with Crippen LogP contribution in [0.4, 0.5) is 0 Å². The Balaban J connectivity index is 3.16. The van der Waals surface area contributed by atoms with Crippen molar-refractivity contribution in [3.63, 3.8) is 0 Å². The van der Waals surface area contributed by atoms with Crippen molar-refractivity contribution in [2.75, 3.05) is 0 Å². The summed E-state index contributed by atoms with van der Waals surface area (Å²) < 4.78 is 1.61. The van der Waals surface area contributed by atoms with Crippen molar-refractivity contribution >= 4 is 28.5 Å². The van der Waals surface area contributed by atoms with Gasteiger partial charge in [0.15, 0.2) is 5.43 Å². The van der Waals surface area contributed by atoms with Gasteiger partial charge in [-0.1, -0.05) is 17.7 Å². The number of nitrogens with zero attached hydrogens (tertiary/aromatic N) is 1. The maximum Gasteiger partial charge on any atom is 0.352 e. The third kappa shape index (κ3) is 2.02. The number of carboxylic acid groups (broad SMARTS) is 1. The summed E-state index contributed by atoms with van der Waals surface area (Å²) in [5.41, 5.74) is 0.426. The maximum atomic E-state index is 12.2. The summed E-state index contributed by atoms with van der Waals surface area (Å²) >= 11 is 6.15. The molecule has 0 unspecified atom stereocenters. The van der Waals surface area contributed by atoms with Crippen LogP contribution in [0.2, 0.25) is 5.02 Å². The van der Waals surface area contributed by atoms with E-state index < -0.39 is 5.97 Å². The second kappa shape index (κ2) is 4.70. The SMILES string of the molecule is Cc1c(C(=O)O)n(C(C)C)c2c(Cl)cccc2c1=O. The zero-order chi connectivity index (χ0) is 14.3. The second-order valence-electron chi connectivity index (χ2n) is 4.71. The van der Waals surface area contributed by atoms with E-state index in [1.165, 1.54) is 6.92 Å². The highest BCUT2D eigenvalue weighted by Crippen LogP contribution is 2.27. The fourth-order valence-corrected chi connectivity index (χ4v) is 2.59. The molecule has 0 bridgehead atoms. The Hall–Kier alpha value is -1.81. The quantitative estimate of drug-likeness (QED) is 0.918. The first-order chi connectivity index (χ1) is 8.86. The minimum absolute atomic E-state index is 0.000556. The average molecular weight is 280 g/mol. The largest absolute Gasteiger partial charge is 0.477 e. The number of hydrogen-bond acceptors (Lipinski definition) is 2. The minimum atomic E-state index is -1.12. The Labute approximate surface area is 115 Å². The number of carboxylic acids is 1. The third-order valence-electron chi connectivity index (χ3n) is 3.13. The van der Waals surface area contributed by atoms with Gasteiger partial charge in [-0.25, -0.2) is 4.79 Å².